The molecule has 0 spiro atoms. The number of hydrogen-bond acceptors (Lipinski definition) is 9. The van der Waals surface area contributed by atoms with Crippen LogP contribution in [0.2, 0.25) is 0 Å². The second kappa shape index (κ2) is 11.2. The Morgan fingerprint density at radius 1 is 1.35 bits per heavy atom. The SMILES string of the molecule is [C-]#[N+]CCOP(=O)(OCCCOC)OC[C@H]1O[C@@H](N2C=CC(=O)CC2=O)[C@](C)(F)[C@@H]1O. The minimum absolute atomic E-state index is 0.0260. The van der Waals surface area contributed by atoms with Gasteiger partial charge < -0.3 is 19.4 Å². The first-order chi connectivity index (χ1) is 14.6. The quantitative estimate of drug-likeness (QED) is 0.196. The minimum Gasteiger partial charge on any atom is -0.387 e. The van der Waals surface area contributed by atoms with Gasteiger partial charge in [0.2, 0.25) is 12.5 Å². The van der Waals surface area contributed by atoms with E-state index in [9.17, 15) is 19.3 Å². The summed E-state index contributed by atoms with van der Waals surface area (Å²) < 4.78 is 53.9. The van der Waals surface area contributed by atoms with Gasteiger partial charge in [-0.05, 0) is 19.4 Å². The van der Waals surface area contributed by atoms with Gasteiger partial charge in [-0.1, -0.05) is 0 Å². The second-order valence-corrected chi connectivity index (χ2v) is 8.69. The molecule has 0 radical (unpaired) electrons. The Bertz CT molecular complexity index is 770. The van der Waals surface area contributed by atoms with Gasteiger partial charge in [-0.3, -0.25) is 28.1 Å². The molecular formula is C18H26FN2O9P. The third kappa shape index (κ3) is 6.63. The second-order valence-electron chi connectivity index (χ2n) is 7.02. The molecule has 0 aromatic heterocycles. The average molecular weight is 464 g/mol. The van der Waals surface area contributed by atoms with Crippen LogP contribution in [0.15, 0.2) is 12.3 Å². The van der Waals surface area contributed by atoms with Crippen LogP contribution in [0.3, 0.4) is 0 Å². The number of carbonyl (C=O) groups is 2. The van der Waals surface area contributed by atoms with Crippen molar-refractivity contribution in [3.05, 3.63) is 23.7 Å². The summed E-state index contributed by atoms with van der Waals surface area (Å²) in [6.45, 7) is 7.26. The zero-order valence-electron chi connectivity index (χ0n) is 17.3. The van der Waals surface area contributed by atoms with Crippen LogP contribution < -0.4 is 0 Å². The van der Waals surface area contributed by atoms with Gasteiger partial charge in [-0.25, -0.2) is 15.5 Å². The Balaban J connectivity index is 2.04. The number of phosphoric acid groups is 1. The summed E-state index contributed by atoms with van der Waals surface area (Å²) in [4.78, 5) is 27.4. The van der Waals surface area contributed by atoms with Crippen LogP contribution in [0.1, 0.15) is 19.8 Å². The fourth-order valence-electron chi connectivity index (χ4n) is 2.96. The van der Waals surface area contributed by atoms with Gasteiger partial charge in [-0.2, -0.15) is 0 Å². The van der Waals surface area contributed by atoms with E-state index in [1.54, 1.807) is 0 Å². The highest BCUT2D eigenvalue weighted by Gasteiger charge is 2.57. The molecule has 2 aliphatic heterocycles. The summed E-state index contributed by atoms with van der Waals surface area (Å²) in [5.41, 5.74) is -2.40. The van der Waals surface area contributed by atoms with Crippen molar-refractivity contribution < 1.29 is 46.7 Å². The Hall–Kier alpha value is -1.71. The van der Waals surface area contributed by atoms with Gasteiger partial charge in [0.05, 0.1) is 19.6 Å². The third-order valence-corrected chi connectivity index (χ3v) is 6.06. The number of carbonyl (C=O) groups excluding carboxylic acids is 2. The highest BCUT2D eigenvalue weighted by molar-refractivity contribution is 7.48. The minimum atomic E-state index is -4.13. The third-order valence-electron chi connectivity index (χ3n) is 4.60. The molecule has 13 heteroatoms. The molecule has 2 aliphatic rings. The van der Waals surface area contributed by atoms with E-state index in [2.05, 4.69) is 4.85 Å². The van der Waals surface area contributed by atoms with E-state index in [-0.39, 0.29) is 19.8 Å². The first-order valence-electron chi connectivity index (χ1n) is 9.55. The van der Waals surface area contributed by atoms with Crippen LogP contribution in [-0.4, -0.2) is 85.9 Å². The molecule has 2 heterocycles. The maximum absolute atomic E-state index is 15.2. The van der Waals surface area contributed by atoms with Crippen molar-refractivity contribution in [1.82, 2.24) is 4.90 Å². The topological polar surface area (TPSA) is 125 Å². The van der Waals surface area contributed by atoms with Gasteiger partial charge >= 0.3 is 7.82 Å². The van der Waals surface area contributed by atoms with Crippen LogP contribution in [0.4, 0.5) is 4.39 Å². The number of ether oxygens (including phenoxy) is 2. The lowest BCUT2D eigenvalue weighted by Crippen LogP contribution is -2.51. The normalized spacial score (nSPS) is 30.4. The van der Waals surface area contributed by atoms with Crippen molar-refractivity contribution in [2.24, 2.45) is 0 Å². The molecule has 31 heavy (non-hydrogen) atoms. The van der Waals surface area contributed by atoms with E-state index < -0.39 is 56.6 Å². The number of hydrogen-bond donors (Lipinski definition) is 1. The lowest BCUT2D eigenvalue weighted by Gasteiger charge is -2.32. The maximum atomic E-state index is 15.2. The number of amides is 1. The molecule has 0 aromatic carbocycles. The summed E-state index contributed by atoms with van der Waals surface area (Å²) in [6.07, 6.45) is -2.39. The van der Waals surface area contributed by atoms with Crippen molar-refractivity contribution in [1.29, 1.82) is 0 Å². The molecule has 0 aromatic rings. The zero-order chi connectivity index (χ0) is 23.1. The average Bonchev–Trinajstić information content (AvgIpc) is 2.94. The predicted octanol–water partition coefficient (Wildman–Crippen LogP) is 1.23. The fourth-order valence-corrected chi connectivity index (χ4v) is 4.17. The first kappa shape index (κ1) is 25.5. The number of rotatable bonds is 12. The summed E-state index contributed by atoms with van der Waals surface area (Å²) in [6, 6.07) is 0. The standard InChI is InChI=1S/C18H26FN2O9P/c1-18(19)16(24)14(30-17(18)21-7-5-13(22)11-15(21)23)12-29-31(25,28-10-6-20-2)27-9-4-8-26-3/h5,7,14,16-17,24H,4,6,8-12H2,1,3H3/t14-,16-,17-,18-,31?/m1/s1. The van der Waals surface area contributed by atoms with Gasteiger partial charge in [-0.15, -0.1) is 0 Å². The number of methoxy groups -OCH3 is 1. The van der Waals surface area contributed by atoms with Crippen LogP contribution in [0.25, 0.3) is 4.85 Å². The number of nitrogens with zero attached hydrogens (tertiary/aromatic N) is 2. The van der Waals surface area contributed by atoms with E-state index >= 15 is 4.39 Å². The molecule has 0 aliphatic carbocycles. The number of aliphatic hydroxyl groups is 1. The maximum Gasteiger partial charge on any atom is 0.475 e. The van der Waals surface area contributed by atoms with E-state index in [1.807, 2.05) is 0 Å². The molecule has 2 rings (SSSR count). The molecule has 0 saturated carbocycles. The van der Waals surface area contributed by atoms with Gasteiger partial charge in [0, 0.05) is 19.9 Å². The number of allylic oxidation sites excluding steroid dienone is 1. The van der Waals surface area contributed by atoms with Crippen LogP contribution in [-0.2, 0) is 37.2 Å². The van der Waals surface area contributed by atoms with Crippen LogP contribution in [0.5, 0.6) is 0 Å². The number of halogens is 1. The molecule has 174 valence electrons. The Labute approximate surface area is 179 Å². The summed E-state index contributed by atoms with van der Waals surface area (Å²) in [5.74, 6) is -1.10. The highest BCUT2D eigenvalue weighted by Crippen LogP contribution is 2.50. The number of aliphatic hydroxyl groups excluding tert-OH is 1. The van der Waals surface area contributed by atoms with E-state index in [0.717, 1.165) is 24.1 Å². The zero-order valence-corrected chi connectivity index (χ0v) is 18.2. The Kier molecular flexibility index (Phi) is 9.27. The van der Waals surface area contributed by atoms with Gasteiger partial charge in [0.25, 0.3) is 0 Å². The van der Waals surface area contributed by atoms with E-state index in [0.29, 0.717) is 13.0 Å². The first-order valence-corrected chi connectivity index (χ1v) is 11.0. The summed E-state index contributed by atoms with van der Waals surface area (Å²) in [5, 5.41) is 10.4. The molecule has 1 unspecified atom stereocenters. The summed E-state index contributed by atoms with van der Waals surface area (Å²) >= 11 is 0. The van der Waals surface area contributed by atoms with Crippen LogP contribution in [0, 0.1) is 6.57 Å². The van der Waals surface area contributed by atoms with Crippen LogP contribution >= 0.6 is 7.82 Å². The Morgan fingerprint density at radius 2 is 2.06 bits per heavy atom. The number of phosphoric ester groups is 1. The van der Waals surface area contributed by atoms with Crippen molar-refractivity contribution >= 4 is 19.5 Å². The molecule has 1 saturated heterocycles. The van der Waals surface area contributed by atoms with Crippen molar-refractivity contribution in [3.63, 3.8) is 0 Å². The van der Waals surface area contributed by atoms with Crippen molar-refractivity contribution in [3.8, 4) is 0 Å². The Morgan fingerprint density at radius 3 is 2.71 bits per heavy atom. The van der Waals surface area contributed by atoms with Crippen molar-refractivity contribution in [2.45, 2.75) is 43.9 Å². The largest absolute Gasteiger partial charge is 0.475 e. The lowest BCUT2D eigenvalue weighted by atomic mass is 9.97. The van der Waals surface area contributed by atoms with E-state index in [4.69, 9.17) is 29.6 Å². The molecule has 1 amide bonds. The molecule has 0 bridgehead atoms. The van der Waals surface area contributed by atoms with Gasteiger partial charge in [0.1, 0.15) is 18.8 Å². The smallest absolute Gasteiger partial charge is 0.387 e. The monoisotopic (exact) mass is 464 g/mol. The highest BCUT2D eigenvalue weighted by atomic mass is 31.2. The van der Waals surface area contributed by atoms with E-state index in [1.165, 1.54) is 7.11 Å². The van der Waals surface area contributed by atoms with Gasteiger partial charge in [0.15, 0.2) is 17.7 Å². The predicted molar refractivity (Wildman–Crippen MR) is 103 cm³/mol. The number of ketones is 1. The summed E-state index contributed by atoms with van der Waals surface area (Å²) in [7, 11) is -2.64. The number of alkyl halides is 1. The fraction of sp³-hybridized carbons (Fsp3) is 0.722. The molecule has 1 fully saturated rings. The lowest BCUT2D eigenvalue weighted by molar-refractivity contribution is -0.150. The van der Waals surface area contributed by atoms with Crippen molar-refractivity contribution in [2.75, 3.05) is 40.1 Å². The molecule has 1 N–H and O–H groups in total. The molecule has 5 atom stereocenters. The molecule has 11 nitrogen and oxygen atoms in total. The molecular weight excluding hydrogens is 438 g/mol.